The van der Waals surface area contributed by atoms with E-state index in [2.05, 4.69) is 188 Å². The van der Waals surface area contributed by atoms with Gasteiger partial charge in [0.1, 0.15) is 0 Å². The van der Waals surface area contributed by atoms with Crippen LogP contribution in [-0.2, 0) is 5.41 Å². The van der Waals surface area contributed by atoms with Gasteiger partial charge >= 0.3 is 0 Å². The summed E-state index contributed by atoms with van der Waals surface area (Å²) in [5.41, 5.74) is 16.8. The van der Waals surface area contributed by atoms with Gasteiger partial charge in [-0.1, -0.05) is 212 Å². The van der Waals surface area contributed by atoms with Crippen molar-refractivity contribution in [1.29, 1.82) is 0 Å². The molecule has 2 aromatic heterocycles. The van der Waals surface area contributed by atoms with Crippen LogP contribution in [0.5, 0.6) is 0 Å². The smallest absolute Gasteiger partial charge is 0.164 e. The van der Waals surface area contributed by atoms with Gasteiger partial charge in [-0.2, -0.15) is 0 Å². The van der Waals surface area contributed by atoms with E-state index in [1.165, 1.54) is 70.2 Å². The van der Waals surface area contributed by atoms with Gasteiger partial charge in [0.15, 0.2) is 17.5 Å². The quantitative estimate of drug-likeness (QED) is 0.153. The molecule has 13 rings (SSSR count). The van der Waals surface area contributed by atoms with Gasteiger partial charge in [-0.25, -0.2) is 15.0 Å². The monoisotopic (exact) mass is 883 g/mol. The molecule has 12 aromatic rings. The normalized spacial score (nSPS) is 12.5. The fourth-order valence-corrected chi connectivity index (χ4v) is 11.6. The van der Waals surface area contributed by atoms with Crippen LogP contribution < -0.4 is 0 Å². The molecule has 0 saturated heterocycles. The van der Waals surface area contributed by atoms with Gasteiger partial charge in [-0.15, -0.1) is 11.3 Å². The highest BCUT2D eigenvalue weighted by molar-refractivity contribution is 7.25. The van der Waals surface area contributed by atoms with E-state index >= 15 is 0 Å². The SMILES string of the molecule is c1ccc(-c2nc(-c3ccccc3)nc(-c3cccc(-c4cccc(-c5cc6c(cc5-c5ccc7c(c5)sc5ccccc57)-c5ccccc5C6(c5ccccc5)c5ccccc5)c4)c3)n2)cc1. The third kappa shape index (κ3) is 6.60. The van der Waals surface area contributed by atoms with Gasteiger partial charge in [0.25, 0.3) is 0 Å². The van der Waals surface area contributed by atoms with Crippen molar-refractivity contribution >= 4 is 31.5 Å². The number of nitrogens with zero attached hydrogens (tertiary/aromatic N) is 3. The summed E-state index contributed by atoms with van der Waals surface area (Å²) >= 11 is 1.86. The first kappa shape index (κ1) is 39.8. The third-order valence-electron chi connectivity index (χ3n) is 13.6. The minimum atomic E-state index is -0.537. The summed E-state index contributed by atoms with van der Waals surface area (Å²) in [7, 11) is 0. The summed E-state index contributed by atoms with van der Waals surface area (Å²) in [5, 5.41) is 2.60. The fraction of sp³-hybridized carbons (Fsp3) is 0.0156. The molecule has 10 aromatic carbocycles. The van der Waals surface area contributed by atoms with Gasteiger partial charge in [0.2, 0.25) is 0 Å². The molecule has 0 saturated carbocycles. The highest BCUT2D eigenvalue weighted by Gasteiger charge is 2.46. The predicted octanol–water partition coefficient (Wildman–Crippen LogP) is 16.6. The first-order valence-corrected chi connectivity index (χ1v) is 23.9. The second kappa shape index (κ2) is 16.4. The molecule has 0 spiro atoms. The number of thiophene rings is 1. The number of rotatable bonds is 8. The molecule has 0 radical (unpaired) electrons. The van der Waals surface area contributed by atoms with Crippen molar-refractivity contribution in [1.82, 2.24) is 15.0 Å². The molecule has 0 atom stereocenters. The second-order valence-electron chi connectivity index (χ2n) is 17.5. The van der Waals surface area contributed by atoms with Gasteiger partial charge in [0.05, 0.1) is 5.41 Å². The molecule has 0 aliphatic heterocycles. The summed E-state index contributed by atoms with van der Waals surface area (Å²) in [6.45, 7) is 0. The maximum atomic E-state index is 5.07. The van der Waals surface area contributed by atoms with Crippen LogP contribution in [0.15, 0.2) is 249 Å². The summed E-state index contributed by atoms with van der Waals surface area (Å²) in [5.74, 6) is 1.92. The Hall–Kier alpha value is -8.57. The fourth-order valence-electron chi connectivity index (χ4n) is 10.5. The first-order valence-electron chi connectivity index (χ1n) is 23.1. The van der Waals surface area contributed by atoms with Crippen LogP contribution in [0, 0.1) is 0 Å². The van der Waals surface area contributed by atoms with Crippen LogP contribution in [0.3, 0.4) is 0 Å². The highest BCUT2D eigenvalue weighted by Crippen LogP contribution is 2.58. The van der Waals surface area contributed by atoms with Gasteiger partial charge in [-0.3, -0.25) is 0 Å². The van der Waals surface area contributed by atoms with E-state index < -0.39 is 5.41 Å². The second-order valence-corrected chi connectivity index (χ2v) is 18.6. The van der Waals surface area contributed by atoms with Crippen molar-refractivity contribution < 1.29 is 0 Å². The molecule has 3 nitrogen and oxygen atoms in total. The molecule has 1 aliphatic carbocycles. The van der Waals surface area contributed by atoms with E-state index in [4.69, 9.17) is 15.0 Å². The van der Waals surface area contributed by atoms with Gasteiger partial charge < -0.3 is 0 Å². The molecule has 0 unspecified atom stereocenters. The Bertz CT molecular complexity index is 3750. The molecular formula is C64H41N3S. The number of fused-ring (bicyclic) bond motifs is 6. The van der Waals surface area contributed by atoms with Crippen LogP contribution in [0.1, 0.15) is 22.3 Å². The molecule has 1 aliphatic rings. The molecular weight excluding hydrogens is 843 g/mol. The van der Waals surface area contributed by atoms with Crippen molar-refractivity contribution in [2.75, 3.05) is 0 Å². The molecule has 68 heavy (non-hydrogen) atoms. The van der Waals surface area contributed by atoms with Crippen molar-refractivity contribution in [2.24, 2.45) is 0 Å². The van der Waals surface area contributed by atoms with Crippen molar-refractivity contribution in [2.45, 2.75) is 5.41 Å². The summed E-state index contributed by atoms with van der Waals surface area (Å²) < 4.78 is 2.59. The van der Waals surface area contributed by atoms with Crippen molar-refractivity contribution in [3.05, 3.63) is 271 Å². The average molecular weight is 884 g/mol. The lowest BCUT2D eigenvalue weighted by Gasteiger charge is -2.34. The molecule has 0 fully saturated rings. The van der Waals surface area contributed by atoms with Gasteiger partial charge in [0, 0.05) is 36.9 Å². The van der Waals surface area contributed by atoms with Crippen LogP contribution in [-0.4, -0.2) is 15.0 Å². The van der Waals surface area contributed by atoms with E-state index in [0.29, 0.717) is 17.5 Å². The molecule has 0 N–H and O–H groups in total. The lowest BCUT2D eigenvalue weighted by Crippen LogP contribution is -2.28. The zero-order valence-corrected chi connectivity index (χ0v) is 37.7. The minimum Gasteiger partial charge on any atom is -0.208 e. The van der Waals surface area contributed by atoms with Crippen molar-refractivity contribution in [3.63, 3.8) is 0 Å². The Balaban J connectivity index is 1.01. The molecule has 0 amide bonds. The zero-order valence-electron chi connectivity index (χ0n) is 36.9. The summed E-state index contributed by atoms with van der Waals surface area (Å²) in [6, 6.07) is 89.9. The largest absolute Gasteiger partial charge is 0.208 e. The molecule has 318 valence electrons. The third-order valence-corrected chi connectivity index (χ3v) is 14.7. The Labute approximate surface area is 399 Å². The van der Waals surface area contributed by atoms with Crippen molar-refractivity contribution in [3.8, 4) is 78.7 Å². The molecule has 4 heteroatoms. The lowest BCUT2D eigenvalue weighted by molar-refractivity contribution is 0.769. The highest BCUT2D eigenvalue weighted by atomic mass is 32.1. The van der Waals surface area contributed by atoms with E-state index in [-0.39, 0.29) is 0 Å². The molecule has 2 heterocycles. The Morgan fingerprint density at radius 2 is 0.735 bits per heavy atom. The predicted molar refractivity (Wildman–Crippen MR) is 283 cm³/mol. The van der Waals surface area contributed by atoms with E-state index in [9.17, 15) is 0 Å². The van der Waals surface area contributed by atoms with Crippen LogP contribution >= 0.6 is 11.3 Å². The number of hydrogen-bond donors (Lipinski definition) is 0. The summed E-state index contributed by atoms with van der Waals surface area (Å²) in [6.07, 6.45) is 0. The van der Waals surface area contributed by atoms with Crippen LogP contribution in [0.2, 0.25) is 0 Å². The maximum absolute atomic E-state index is 5.07. The summed E-state index contributed by atoms with van der Waals surface area (Å²) in [4.78, 5) is 15.1. The number of hydrogen-bond acceptors (Lipinski definition) is 4. The van der Waals surface area contributed by atoms with E-state index in [0.717, 1.165) is 33.4 Å². The molecule has 0 bridgehead atoms. The number of benzene rings is 10. The van der Waals surface area contributed by atoms with Crippen LogP contribution in [0.4, 0.5) is 0 Å². The Morgan fingerprint density at radius 1 is 0.265 bits per heavy atom. The van der Waals surface area contributed by atoms with Crippen LogP contribution in [0.25, 0.3) is 98.8 Å². The number of aromatic nitrogens is 3. The topological polar surface area (TPSA) is 38.7 Å². The van der Waals surface area contributed by atoms with Gasteiger partial charge in [-0.05, 0) is 103 Å². The minimum absolute atomic E-state index is 0.537. The maximum Gasteiger partial charge on any atom is 0.164 e. The van der Waals surface area contributed by atoms with E-state index in [1.807, 2.05) is 72.0 Å². The first-order chi connectivity index (χ1) is 33.7. The standard InChI is InChI=1S/C64H41N3S/c1-5-19-42(20-6-1)61-65-62(43-21-7-2-8-22-43)67-63(66-61)48-26-18-24-45(38-48)44-23-17-25-46(37-44)55-41-58-56(40-54(55)47-35-36-53-52-32-14-16-34-59(52)68-60(53)39-47)51-31-13-15-33-57(51)64(58,49-27-9-3-10-28-49)50-29-11-4-12-30-50/h1-41H. The Kier molecular flexibility index (Phi) is 9.59. The lowest BCUT2D eigenvalue weighted by atomic mass is 9.67. The average Bonchev–Trinajstić information content (AvgIpc) is 3.94. The van der Waals surface area contributed by atoms with E-state index in [1.54, 1.807) is 0 Å². The zero-order chi connectivity index (χ0) is 45.0. The Morgan fingerprint density at radius 3 is 1.40 bits per heavy atom.